The molecule has 1 heterocycles. The molecule has 3 rings (SSSR count). The van der Waals surface area contributed by atoms with Crippen molar-refractivity contribution < 1.29 is 14.3 Å². The lowest BCUT2D eigenvalue weighted by atomic mass is 10.2. The fourth-order valence-electron chi connectivity index (χ4n) is 2.16. The number of nitrogens with one attached hydrogen (secondary N) is 1. The van der Waals surface area contributed by atoms with Crippen LogP contribution in [0.5, 0.6) is 11.6 Å². The van der Waals surface area contributed by atoms with Crippen molar-refractivity contribution in [1.29, 1.82) is 0 Å². The number of aromatic nitrogens is 1. The molecule has 0 spiro atoms. The van der Waals surface area contributed by atoms with Gasteiger partial charge < -0.3 is 15.8 Å². The number of hydrogen-bond donors (Lipinski definition) is 2. The van der Waals surface area contributed by atoms with Crippen LogP contribution < -0.4 is 15.8 Å². The Kier molecular flexibility index (Phi) is 5.59. The Balaban J connectivity index is 1.65. The number of nitrogens with zero attached hydrogens (tertiary/aromatic N) is 1. The second-order valence-electron chi connectivity index (χ2n) is 5.46. The van der Waals surface area contributed by atoms with E-state index in [1.165, 1.54) is 12.3 Å². The maximum Gasteiger partial charge on any atom is 0.255 e. The molecule has 6 nitrogen and oxygen atoms in total. The van der Waals surface area contributed by atoms with E-state index >= 15 is 0 Å². The summed E-state index contributed by atoms with van der Waals surface area (Å²) in [7, 11) is 0. The van der Waals surface area contributed by atoms with E-state index in [0.717, 1.165) is 0 Å². The Hall–Kier alpha value is -3.09. The van der Waals surface area contributed by atoms with Gasteiger partial charge in [0.2, 0.25) is 11.8 Å². The van der Waals surface area contributed by atoms with E-state index in [2.05, 4.69) is 10.3 Å². The highest BCUT2D eigenvalue weighted by Gasteiger charge is 2.09. The van der Waals surface area contributed by atoms with Gasteiger partial charge in [0.15, 0.2) is 0 Å². The average molecular weight is 402 g/mol. The average Bonchev–Trinajstić information content (AvgIpc) is 2.66. The van der Waals surface area contributed by atoms with Gasteiger partial charge in [-0.3, -0.25) is 9.59 Å². The van der Waals surface area contributed by atoms with Crippen molar-refractivity contribution in [3.8, 4) is 11.6 Å². The predicted molar refractivity (Wildman–Crippen MR) is 104 cm³/mol. The standard InChI is InChI=1S/C19H13Cl2N3O3/c20-15-7-3-12(9-16(15)21)19(26)24-13-4-8-17(23-10-13)27-14-5-1-11(2-6-14)18(22)25/h1-10H,(H2,22,25)(H,24,26). The molecule has 3 aromatic rings. The molecule has 2 aromatic carbocycles. The summed E-state index contributed by atoms with van der Waals surface area (Å²) in [6.45, 7) is 0. The van der Waals surface area contributed by atoms with Crippen LogP contribution in [0.25, 0.3) is 0 Å². The Morgan fingerprint density at radius 3 is 2.22 bits per heavy atom. The Bertz CT molecular complexity index is 990. The molecular formula is C19H13Cl2N3O3. The molecule has 0 radical (unpaired) electrons. The summed E-state index contributed by atoms with van der Waals surface area (Å²) in [5, 5.41) is 3.38. The van der Waals surface area contributed by atoms with Gasteiger partial charge in [0.25, 0.3) is 5.91 Å². The van der Waals surface area contributed by atoms with Crippen molar-refractivity contribution in [1.82, 2.24) is 4.98 Å². The number of amides is 2. The van der Waals surface area contributed by atoms with Gasteiger partial charge in [-0.1, -0.05) is 23.2 Å². The van der Waals surface area contributed by atoms with Gasteiger partial charge in [-0.05, 0) is 48.5 Å². The van der Waals surface area contributed by atoms with Crippen molar-refractivity contribution in [3.05, 3.63) is 82.0 Å². The summed E-state index contributed by atoms with van der Waals surface area (Å²) in [6.07, 6.45) is 1.46. The van der Waals surface area contributed by atoms with E-state index in [9.17, 15) is 9.59 Å². The Morgan fingerprint density at radius 2 is 1.63 bits per heavy atom. The number of hydrogen-bond acceptors (Lipinski definition) is 4. The number of carbonyl (C=O) groups excluding carboxylic acids is 2. The highest BCUT2D eigenvalue weighted by Crippen LogP contribution is 2.24. The fourth-order valence-corrected chi connectivity index (χ4v) is 2.46. The Morgan fingerprint density at radius 1 is 0.926 bits per heavy atom. The van der Waals surface area contributed by atoms with Gasteiger partial charge in [-0.2, -0.15) is 0 Å². The van der Waals surface area contributed by atoms with Gasteiger partial charge in [0, 0.05) is 17.2 Å². The molecule has 8 heteroatoms. The molecule has 0 saturated heterocycles. The lowest BCUT2D eigenvalue weighted by Crippen LogP contribution is -2.12. The number of halogens is 2. The molecule has 2 amide bonds. The van der Waals surface area contributed by atoms with Crippen LogP contribution in [0, 0.1) is 0 Å². The monoisotopic (exact) mass is 401 g/mol. The minimum atomic E-state index is -0.512. The molecule has 0 unspecified atom stereocenters. The third-order valence-electron chi connectivity index (χ3n) is 3.54. The van der Waals surface area contributed by atoms with Crippen molar-refractivity contribution in [2.75, 3.05) is 5.32 Å². The number of pyridine rings is 1. The maximum atomic E-state index is 12.2. The van der Waals surface area contributed by atoms with Crippen LogP contribution in [0.2, 0.25) is 10.0 Å². The first-order chi connectivity index (χ1) is 12.9. The first-order valence-electron chi connectivity index (χ1n) is 7.72. The molecule has 1 aromatic heterocycles. The highest BCUT2D eigenvalue weighted by atomic mass is 35.5. The molecule has 3 N–H and O–H groups in total. The van der Waals surface area contributed by atoms with Crippen LogP contribution in [0.3, 0.4) is 0 Å². The normalized spacial score (nSPS) is 10.3. The first-order valence-corrected chi connectivity index (χ1v) is 8.48. The molecule has 136 valence electrons. The van der Waals surface area contributed by atoms with Crippen molar-refractivity contribution in [3.63, 3.8) is 0 Å². The van der Waals surface area contributed by atoms with Crippen LogP contribution in [0.15, 0.2) is 60.8 Å². The summed E-state index contributed by atoms with van der Waals surface area (Å²) >= 11 is 11.8. The van der Waals surface area contributed by atoms with Gasteiger partial charge in [-0.25, -0.2) is 4.98 Å². The quantitative estimate of drug-likeness (QED) is 0.656. The van der Waals surface area contributed by atoms with Crippen LogP contribution in [-0.2, 0) is 0 Å². The number of carbonyl (C=O) groups is 2. The lowest BCUT2D eigenvalue weighted by Gasteiger charge is -2.08. The maximum absolute atomic E-state index is 12.2. The smallest absolute Gasteiger partial charge is 0.255 e. The molecule has 0 bridgehead atoms. The van der Waals surface area contributed by atoms with Crippen molar-refractivity contribution >= 4 is 40.7 Å². The first kappa shape index (κ1) is 18.7. The largest absolute Gasteiger partial charge is 0.439 e. The van der Waals surface area contributed by atoms with Crippen LogP contribution in [0.1, 0.15) is 20.7 Å². The zero-order chi connectivity index (χ0) is 19.4. The van der Waals surface area contributed by atoms with E-state index in [4.69, 9.17) is 33.7 Å². The SMILES string of the molecule is NC(=O)c1ccc(Oc2ccc(NC(=O)c3ccc(Cl)c(Cl)c3)cn2)cc1. The third-order valence-corrected chi connectivity index (χ3v) is 4.28. The van der Waals surface area contributed by atoms with Crippen LogP contribution in [0.4, 0.5) is 5.69 Å². The molecule has 0 aliphatic carbocycles. The minimum absolute atomic E-state index is 0.300. The number of primary amides is 1. The topological polar surface area (TPSA) is 94.3 Å². The zero-order valence-corrected chi connectivity index (χ0v) is 15.3. The van der Waals surface area contributed by atoms with E-state index in [0.29, 0.717) is 38.5 Å². The van der Waals surface area contributed by atoms with Crippen molar-refractivity contribution in [2.24, 2.45) is 5.73 Å². The van der Waals surface area contributed by atoms with Gasteiger partial charge in [-0.15, -0.1) is 0 Å². The second-order valence-corrected chi connectivity index (χ2v) is 6.27. The van der Waals surface area contributed by atoms with Crippen LogP contribution in [-0.4, -0.2) is 16.8 Å². The summed E-state index contributed by atoms with van der Waals surface area (Å²) < 4.78 is 5.58. The minimum Gasteiger partial charge on any atom is -0.439 e. The zero-order valence-electron chi connectivity index (χ0n) is 13.8. The lowest BCUT2D eigenvalue weighted by molar-refractivity contribution is 0.0997. The molecule has 0 fully saturated rings. The third kappa shape index (κ3) is 4.75. The summed E-state index contributed by atoms with van der Waals surface area (Å²) in [6, 6.07) is 14.2. The number of rotatable bonds is 5. The molecule has 0 aliphatic heterocycles. The van der Waals surface area contributed by atoms with Gasteiger partial charge in [0.1, 0.15) is 5.75 Å². The Labute approximate surface area is 164 Å². The van der Waals surface area contributed by atoms with E-state index in [-0.39, 0.29) is 5.91 Å². The van der Waals surface area contributed by atoms with Gasteiger partial charge >= 0.3 is 0 Å². The summed E-state index contributed by atoms with van der Waals surface area (Å²) in [5.74, 6) is -0.0257. The fraction of sp³-hybridized carbons (Fsp3) is 0. The summed E-state index contributed by atoms with van der Waals surface area (Å²) in [4.78, 5) is 27.4. The van der Waals surface area contributed by atoms with E-state index in [1.54, 1.807) is 48.5 Å². The molecule has 0 atom stereocenters. The molecular weight excluding hydrogens is 389 g/mol. The molecule has 27 heavy (non-hydrogen) atoms. The van der Waals surface area contributed by atoms with E-state index in [1.807, 2.05) is 0 Å². The molecule has 0 saturated carbocycles. The number of ether oxygens (including phenoxy) is 1. The second kappa shape index (κ2) is 8.07. The molecule has 0 aliphatic rings. The highest BCUT2D eigenvalue weighted by molar-refractivity contribution is 6.42. The van der Waals surface area contributed by atoms with Crippen LogP contribution >= 0.6 is 23.2 Å². The van der Waals surface area contributed by atoms with Crippen molar-refractivity contribution in [2.45, 2.75) is 0 Å². The van der Waals surface area contributed by atoms with Gasteiger partial charge in [0.05, 0.1) is 21.9 Å². The number of benzene rings is 2. The predicted octanol–water partition coefficient (Wildman–Crippen LogP) is 4.53. The summed E-state index contributed by atoms with van der Waals surface area (Å²) in [5.41, 5.74) is 6.44. The van der Waals surface area contributed by atoms with E-state index < -0.39 is 5.91 Å². The number of anilines is 1. The number of nitrogens with two attached hydrogens (primary N) is 1.